The maximum Gasteiger partial charge on any atom is 0.325 e. The van der Waals surface area contributed by atoms with E-state index in [4.69, 9.17) is 4.74 Å². The maximum absolute atomic E-state index is 13.8. The Morgan fingerprint density at radius 3 is 2.71 bits per heavy atom. The number of carbonyl (C=O) groups is 1. The molecule has 0 saturated carbocycles. The van der Waals surface area contributed by atoms with Crippen molar-refractivity contribution >= 4 is 23.1 Å². The molecule has 2 aromatic carbocycles. The first-order valence-corrected chi connectivity index (χ1v) is 11.0. The van der Waals surface area contributed by atoms with Gasteiger partial charge in [0.15, 0.2) is 0 Å². The van der Waals surface area contributed by atoms with Gasteiger partial charge in [-0.15, -0.1) is 0 Å². The average Bonchev–Trinajstić information content (AvgIpc) is 3.49. The second-order valence-electron chi connectivity index (χ2n) is 9.21. The molecule has 0 bridgehead atoms. The summed E-state index contributed by atoms with van der Waals surface area (Å²) in [6, 6.07) is 10.7. The summed E-state index contributed by atoms with van der Waals surface area (Å²) in [6.45, 7) is 5.04. The van der Waals surface area contributed by atoms with Crippen LogP contribution in [0.1, 0.15) is 30.7 Å². The van der Waals surface area contributed by atoms with Gasteiger partial charge in [-0.05, 0) is 47.5 Å². The Morgan fingerprint density at radius 1 is 1.24 bits per heavy atom. The Bertz CT molecular complexity index is 1430. The number of nitrogens with zero attached hydrogens (tertiary/aromatic N) is 4. The number of halogens is 1. The summed E-state index contributed by atoms with van der Waals surface area (Å²) < 4.78 is 23.0. The van der Waals surface area contributed by atoms with E-state index in [0.29, 0.717) is 13.2 Å². The lowest BCUT2D eigenvalue weighted by molar-refractivity contribution is -0.137. The van der Waals surface area contributed by atoms with Crippen molar-refractivity contribution in [3.05, 3.63) is 71.4 Å². The molecule has 5 rings (SSSR count). The van der Waals surface area contributed by atoms with E-state index in [1.807, 2.05) is 6.21 Å². The summed E-state index contributed by atoms with van der Waals surface area (Å²) in [5, 5.41) is 14.5. The van der Waals surface area contributed by atoms with E-state index >= 15 is 0 Å². The van der Waals surface area contributed by atoms with E-state index in [1.165, 1.54) is 16.8 Å². The van der Waals surface area contributed by atoms with Gasteiger partial charge in [0, 0.05) is 52.8 Å². The van der Waals surface area contributed by atoms with Crippen molar-refractivity contribution in [2.45, 2.75) is 32.4 Å². The molecule has 0 amide bonds. The fourth-order valence-corrected chi connectivity index (χ4v) is 4.83. The zero-order chi connectivity index (χ0) is 24.0. The van der Waals surface area contributed by atoms with Gasteiger partial charge in [0.2, 0.25) is 0 Å². The highest BCUT2D eigenvalue weighted by molar-refractivity contribution is 6.03. The van der Waals surface area contributed by atoms with E-state index < -0.39 is 11.4 Å². The van der Waals surface area contributed by atoms with Crippen LogP contribution in [0.15, 0.2) is 53.8 Å². The van der Waals surface area contributed by atoms with Crippen molar-refractivity contribution in [2.75, 3.05) is 13.7 Å². The Kier molecular flexibility index (Phi) is 5.32. The molecule has 0 atom stereocenters. The molecule has 3 heterocycles. The Hall–Kier alpha value is -3.78. The zero-order valence-corrected chi connectivity index (χ0v) is 19.2. The van der Waals surface area contributed by atoms with Crippen molar-refractivity contribution in [2.24, 2.45) is 4.99 Å². The van der Waals surface area contributed by atoms with E-state index in [0.717, 1.165) is 44.5 Å². The summed E-state index contributed by atoms with van der Waals surface area (Å²) in [7, 11) is 1.67. The molecule has 0 unspecified atom stereocenters. The quantitative estimate of drug-likeness (QED) is 0.438. The van der Waals surface area contributed by atoms with Crippen molar-refractivity contribution in [3.8, 4) is 16.8 Å². The van der Waals surface area contributed by atoms with E-state index in [9.17, 15) is 14.3 Å². The normalized spacial score (nSPS) is 13.1. The average molecular weight is 461 g/mol. The van der Waals surface area contributed by atoms with E-state index in [2.05, 4.69) is 40.6 Å². The van der Waals surface area contributed by atoms with Gasteiger partial charge in [-0.25, -0.2) is 4.39 Å². The molecule has 174 valence electrons. The summed E-state index contributed by atoms with van der Waals surface area (Å²) in [6.07, 6.45) is 5.33. The Balaban J connectivity index is 1.88. The number of methoxy groups -OCH3 is 1. The van der Waals surface area contributed by atoms with Gasteiger partial charge in [-0.1, -0.05) is 13.8 Å². The molecule has 4 aromatic rings. The first-order chi connectivity index (χ1) is 16.3. The number of hydrogen-bond donors (Lipinski definition) is 1. The van der Waals surface area contributed by atoms with Crippen LogP contribution in [0.3, 0.4) is 0 Å². The summed E-state index contributed by atoms with van der Waals surface area (Å²) in [4.78, 5) is 15.7. The van der Waals surface area contributed by atoms with Gasteiger partial charge in [0.25, 0.3) is 0 Å². The SMILES string of the molecule is COCC(C)(C)c1c(-c2cnn(CC(=O)O)c2)c2cc3c(cc2n1-c1ccc(F)cc1)C=NC3. The minimum Gasteiger partial charge on any atom is -0.480 e. The van der Waals surface area contributed by atoms with Crippen LogP contribution in [0.25, 0.3) is 27.7 Å². The van der Waals surface area contributed by atoms with Gasteiger partial charge in [-0.3, -0.25) is 14.5 Å². The molecule has 2 aromatic heterocycles. The predicted molar refractivity (Wildman–Crippen MR) is 128 cm³/mol. The highest BCUT2D eigenvalue weighted by Crippen LogP contribution is 2.44. The maximum atomic E-state index is 13.8. The Labute approximate surface area is 196 Å². The summed E-state index contributed by atoms with van der Waals surface area (Å²) >= 11 is 0. The fraction of sp³-hybridized carbons (Fsp3) is 0.269. The van der Waals surface area contributed by atoms with Crippen LogP contribution in [0.4, 0.5) is 4.39 Å². The highest BCUT2D eigenvalue weighted by atomic mass is 19.1. The van der Waals surface area contributed by atoms with Crippen molar-refractivity contribution in [3.63, 3.8) is 0 Å². The lowest BCUT2D eigenvalue weighted by Gasteiger charge is -2.28. The number of hydrogen-bond acceptors (Lipinski definition) is 4. The van der Waals surface area contributed by atoms with Crippen LogP contribution in [0.2, 0.25) is 0 Å². The number of benzene rings is 2. The van der Waals surface area contributed by atoms with Gasteiger partial charge in [-0.2, -0.15) is 5.10 Å². The van der Waals surface area contributed by atoms with Gasteiger partial charge in [0.05, 0.1) is 24.9 Å². The second-order valence-corrected chi connectivity index (χ2v) is 9.21. The first-order valence-electron chi connectivity index (χ1n) is 11.0. The van der Waals surface area contributed by atoms with Crippen LogP contribution in [-0.2, 0) is 28.0 Å². The van der Waals surface area contributed by atoms with Crippen molar-refractivity contribution in [1.82, 2.24) is 14.3 Å². The molecule has 0 radical (unpaired) electrons. The molecule has 1 aliphatic rings. The topological polar surface area (TPSA) is 81.6 Å². The zero-order valence-electron chi connectivity index (χ0n) is 19.2. The third-order valence-corrected chi connectivity index (χ3v) is 6.17. The predicted octanol–water partition coefficient (Wildman–Crippen LogP) is 4.57. The number of carboxylic acid groups (broad SMARTS) is 1. The molecule has 0 saturated heterocycles. The molecule has 0 aliphatic carbocycles. The number of ether oxygens (including phenoxy) is 1. The highest BCUT2D eigenvalue weighted by Gasteiger charge is 2.33. The van der Waals surface area contributed by atoms with E-state index in [-0.39, 0.29) is 12.4 Å². The van der Waals surface area contributed by atoms with Crippen molar-refractivity contribution < 1.29 is 19.0 Å². The minimum atomic E-state index is -0.960. The van der Waals surface area contributed by atoms with Crippen LogP contribution >= 0.6 is 0 Å². The van der Waals surface area contributed by atoms with E-state index in [1.54, 1.807) is 31.6 Å². The van der Waals surface area contributed by atoms with Crippen LogP contribution in [-0.4, -0.2) is 45.4 Å². The smallest absolute Gasteiger partial charge is 0.325 e. The molecule has 1 N–H and O–H groups in total. The van der Waals surface area contributed by atoms with Gasteiger partial charge < -0.3 is 14.4 Å². The largest absolute Gasteiger partial charge is 0.480 e. The fourth-order valence-electron chi connectivity index (χ4n) is 4.83. The molecule has 8 heteroatoms. The molecular weight excluding hydrogens is 435 g/mol. The molecule has 34 heavy (non-hydrogen) atoms. The number of aliphatic carboxylic acids is 1. The monoisotopic (exact) mass is 460 g/mol. The minimum absolute atomic E-state index is 0.226. The number of carboxylic acids is 1. The standard InChI is InChI=1S/C26H25FN4O3/c1-26(2,15-34-3)25-24(18-12-29-30(13-18)14-23(32)33)21-8-16-10-28-11-17(16)9-22(21)31(25)20-6-4-19(27)5-7-20/h4-9,11-13H,10,14-15H2,1-3H3,(H,32,33). The van der Waals surface area contributed by atoms with Gasteiger partial charge in [0.1, 0.15) is 12.4 Å². The molecule has 0 spiro atoms. The molecule has 1 aliphatic heterocycles. The lowest BCUT2D eigenvalue weighted by Crippen LogP contribution is -2.27. The summed E-state index contributed by atoms with van der Waals surface area (Å²) in [5.41, 5.74) is 6.26. The first kappa shape index (κ1) is 22.0. The third-order valence-electron chi connectivity index (χ3n) is 6.17. The number of rotatable bonds is 7. The van der Waals surface area contributed by atoms with Crippen molar-refractivity contribution in [1.29, 1.82) is 0 Å². The number of aliphatic imine (C=N–C) groups is 1. The molecule has 7 nitrogen and oxygen atoms in total. The molecular formula is C26H25FN4O3. The third kappa shape index (κ3) is 3.70. The van der Waals surface area contributed by atoms with Crippen LogP contribution in [0.5, 0.6) is 0 Å². The number of aromatic nitrogens is 3. The van der Waals surface area contributed by atoms with Crippen LogP contribution < -0.4 is 0 Å². The second kappa shape index (κ2) is 8.22. The Morgan fingerprint density at radius 2 is 2.00 bits per heavy atom. The molecule has 0 fully saturated rings. The van der Waals surface area contributed by atoms with Gasteiger partial charge >= 0.3 is 5.97 Å². The summed E-state index contributed by atoms with van der Waals surface area (Å²) in [5.74, 6) is -1.26. The number of fused-ring (bicyclic) bond motifs is 2. The lowest BCUT2D eigenvalue weighted by atomic mass is 9.85. The van der Waals surface area contributed by atoms with Crippen LogP contribution in [0, 0.1) is 5.82 Å².